The molecule has 3 heterocycles. The Balaban J connectivity index is 2.27. The van der Waals surface area contributed by atoms with Crippen LogP contribution in [-0.2, 0) is 6.54 Å². The summed E-state index contributed by atoms with van der Waals surface area (Å²) >= 11 is 0. The van der Waals surface area contributed by atoms with Crippen LogP contribution in [-0.4, -0.2) is 21.1 Å². The molecule has 0 fully saturated rings. The van der Waals surface area contributed by atoms with Crippen LogP contribution >= 0.6 is 0 Å². The number of ether oxygens (including phenoxy) is 1. The van der Waals surface area contributed by atoms with E-state index in [2.05, 4.69) is 14.5 Å². The Hall–Kier alpha value is -1.84. The summed E-state index contributed by atoms with van der Waals surface area (Å²) in [7, 11) is 0. The first-order valence-electron chi connectivity index (χ1n) is 4.53. The molecular weight excluding hydrogens is 178 g/mol. The van der Waals surface area contributed by atoms with Gasteiger partial charge in [0, 0.05) is 18.6 Å². The molecule has 4 heteroatoms. The molecule has 2 aromatic heterocycles. The monoisotopic (exact) mass is 187 g/mol. The Bertz CT molecular complexity index is 464. The van der Waals surface area contributed by atoms with Gasteiger partial charge >= 0.3 is 0 Å². The van der Waals surface area contributed by atoms with Crippen molar-refractivity contribution in [1.82, 2.24) is 14.5 Å². The molecule has 0 bridgehead atoms. The molecule has 0 aliphatic carbocycles. The van der Waals surface area contributed by atoms with Crippen LogP contribution in [0.3, 0.4) is 0 Å². The highest BCUT2D eigenvalue weighted by atomic mass is 16.5. The van der Waals surface area contributed by atoms with Crippen molar-refractivity contribution in [2.75, 3.05) is 6.61 Å². The van der Waals surface area contributed by atoms with Gasteiger partial charge in [-0.2, -0.15) is 0 Å². The lowest BCUT2D eigenvalue weighted by molar-refractivity contribution is 0.305. The van der Waals surface area contributed by atoms with Crippen molar-refractivity contribution < 1.29 is 4.74 Å². The van der Waals surface area contributed by atoms with Crippen LogP contribution in [0.15, 0.2) is 30.9 Å². The number of imidazole rings is 1. The number of rotatable bonds is 0. The zero-order valence-electron chi connectivity index (χ0n) is 7.55. The molecule has 14 heavy (non-hydrogen) atoms. The van der Waals surface area contributed by atoms with Gasteiger partial charge in [0.25, 0.3) is 0 Å². The van der Waals surface area contributed by atoms with Crippen molar-refractivity contribution in [2.45, 2.75) is 6.54 Å². The Labute approximate surface area is 81.2 Å². The van der Waals surface area contributed by atoms with E-state index >= 15 is 0 Å². The second kappa shape index (κ2) is 2.83. The fourth-order valence-corrected chi connectivity index (χ4v) is 1.67. The van der Waals surface area contributed by atoms with Crippen LogP contribution in [0.2, 0.25) is 0 Å². The van der Waals surface area contributed by atoms with E-state index in [9.17, 15) is 0 Å². The predicted octanol–water partition coefficient (Wildman–Crippen LogP) is 1.34. The van der Waals surface area contributed by atoms with Crippen LogP contribution in [0.4, 0.5) is 0 Å². The third-order valence-corrected chi connectivity index (χ3v) is 2.33. The topological polar surface area (TPSA) is 39.9 Å². The molecule has 0 N–H and O–H groups in total. The largest absolute Gasteiger partial charge is 0.489 e. The summed E-state index contributed by atoms with van der Waals surface area (Å²) in [6.45, 7) is 1.51. The normalized spacial score (nSPS) is 13.7. The summed E-state index contributed by atoms with van der Waals surface area (Å²) in [6.07, 6.45) is 7.27. The van der Waals surface area contributed by atoms with Gasteiger partial charge in [-0.1, -0.05) is 0 Å². The van der Waals surface area contributed by atoms with Gasteiger partial charge in [0.2, 0.25) is 0 Å². The van der Waals surface area contributed by atoms with Crippen molar-refractivity contribution in [2.24, 2.45) is 0 Å². The van der Waals surface area contributed by atoms with E-state index in [0.29, 0.717) is 6.61 Å². The maximum Gasteiger partial charge on any atom is 0.148 e. The fourth-order valence-electron chi connectivity index (χ4n) is 1.67. The maximum atomic E-state index is 5.57. The van der Waals surface area contributed by atoms with E-state index < -0.39 is 0 Å². The predicted molar refractivity (Wildman–Crippen MR) is 51.0 cm³/mol. The molecule has 0 aromatic carbocycles. The summed E-state index contributed by atoms with van der Waals surface area (Å²) in [6, 6.07) is 1.93. The SMILES string of the molecule is c1cc2c(cn1)OCCn1ccnc1-2. The van der Waals surface area contributed by atoms with E-state index in [-0.39, 0.29) is 0 Å². The van der Waals surface area contributed by atoms with Crippen LogP contribution in [0.5, 0.6) is 5.75 Å². The molecule has 1 aliphatic rings. The quantitative estimate of drug-likeness (QED) is 0.624. The molecule has 0 atom stereocenters. The summed E-state index contributed by atoms with van der Waals surface area (Å²) in [5.74, 6) is 1.78. The Kier molecular flexibility index (Phi) is 1.53. The van der Waals surface area contributed by atoms with Gasteiger partial charge < -0.3 is 9.30 Å². The lowest BCUT2D eigenvalue weighted by atomic mass is 10.2. The number of hydrogen-bond donors (Lipinski definition) is 0. The zero-order valence-corrected chi connectivity index (χ0v) is 7.55. The minimum Gasteiger partial charge on any atom is -0.489 e. The highest BCUT2D eigenvalue weighted by Gasteiger charge is 2.15. The number of aromatic nitrogens is 3. The number of hydrogen-bond acceptors (Lipinski definition) is 3. The van der Waals surface area contributed by atoms with E-state index in [1.54, 1.807) is 12.4 Å². The number of pyridine rings is 1. The third-order valence-electron chi connectivity index (χ3n) is 2.33. The fraction of sp³-hybridized carbons (Fsp3) is 0.200. The van der Waals surface area contributed by atoms with Gasteiger partial charge in [-0.25, -0.2) is 4.98 Å². The standard InChI is InChI=1S/C10H9N3O/c1-2-11-7-9-8(1)10-12-3-4-13(10)5-6-14-9/h1-4,7H,5-6H2. The molecule has 0 radical (unpaired) electrons. The molecule has 0 spiro atoms. The van der Waals surface area contributed by atoms with Crippen LogP contribution in [0, 0.1) is 0 Å². The molecule has 1 aliphatic heterocycles. The lowest BCUT2D eigenvalue weighted by Gasteiger charge is -2.03. The van der Waals surface area contributed by atoms with E-state index in [4.69, 9.17) is 4.74 Å². The van der Waals surface area contributed by atoms with Crippen molar-refractivity contribution in [1.29, 1.82) is 0 Å². The zero-order chi connectivity index (χ0) is 9.38. The van der Waals surface area contributed by atoms with Gasteiger partial charge in [0.1, 0.15) is 18.2 Å². The summed E-state index contributed by atoms with van der Waals surface area (Å²) in [5.41, 5.74) is 1.02. The van der Waals surface area contributed by atoms with Crippen LogP contribution in [0.1, 0.15) is 0 Å². The van der Waals surface area contributed by atoms with Gasteiger partial charge in [0.15, 0.2) is 0 Å². The first kappa shape index (κ1) is 7.55. The smallest absolute Gasteiger partial charge is 0.148 e. The Morgan fingerprint density at radius 2 is 2.36 bits per heavy atom. The Morgan fingerprint density at radius 1 is 1.36 bits per heavy atom. The highest BCUT2D eigenvalue weighted by molar-refractivity contribution is 5.63. The van der Waals surface area contributed by atoms with Crippen molar-refractivity contribution >= 4 is 0 Å². The van der Waals surface area contributed by atoms with Gasteiger partial charge in [-0.05, 0) is 6.07 Å². The maximum absolute atomic E-state index is 5.57. The average molecular weight is 187 g/mol. The molecule has 3 rings (SSSR count). The van der Waals surface area contributed by atoms with Crippen molar-refractivity contribution in [3.05, 3.63) is 30.9 Å². The first-order valence-corrected chi connectivity index (χ1v) is 4.53. The second-order valence-corrected chi connectivity index (χ2v) is 3.16. The van der Waals surface area contributed by atoms with E-state index in [0.717, 1.165) is 23.7 Å². The summed E-state index contributed by atoms with van der Waals surface area (Å²) in [5, 5.41) is 0. The minimum atomic E-state index is 0.669. The highest BCUT2D eigenvalue weighted by Crippen LogP contribution is 2.29. The molecule has 2 aromatic rings. The van der Waals surface area contributed by atoms with Crippen LogP contribution < -0.4 is 4.74 Å². The van der Waals surface area contributed by atoms with Gasteiger partial charge in [0.05, 0.1) is 18.3 Å². The lowest BCUT2D eigenvalue weighted by Crippen LogP contribution is -2.04. The Morgan fingerprint density at radius 3 is 3.36 bits per heavy atom. The van der Waals surface area contributed by atoms with Crippen LogP contribution in [0.25, 0.3) is 11.4 Å². The van der Waals surface area contributed by atoms with Crippen molar-refractivity contribution in [3.63, 3.8) is 0 Å². The summed E-state index contributed by atoms with van der Waals surface area (Å²) in [4.78, 5) is 8.35. The average Bonchev–Trinajstić information content (AvgIpc) is 2.61. The van der Waals surface area contributed by atoms with E-state index in [1.165, 1.54) is 0 Å². The summed E-state index contributed by atoms with van der Waals surface area (Å²) < 4.78 is 7.66. The third kappa shape index (κ3) is 1.00. The molecule has 70 valence electrons. The first-order chi connectivity index (χ1) is 6.95. The number of nitrogens with zero attached hydrogens (tertiary/aromatic N) is 3. The number of fused-ring (bicyclic) bond motifs is 3. The molecular formula is C10H9N3O. The molecule has 0 amide bonds. The molecule has 0 saturated heterocycles. The second-order valence-electron chi connectivity index (χ2n) is 3.16. The molecule has 0 unspecified atom stereocenters. The van der Waals surface area contributed by atoms with Gasteiger partial charge in [-0.15, -0.1) is 0 Å². The minimum absolute atomic E-state index is 0.669. The molecule has 0 saturated carbocycles. The van der Waals surface area contributed by atoms with Crippen molar-refractivity contribution in [3.8, 4) is 17.1 Å². The van der Waals surface area contributed by atoms with Gasteiger partial charge in [-0.3, -0.25) is 4.98 Å². The molecule has 4 nitrogen and oxygen atoms in total. The van der Waals surface area contributed by atoms with E-state index in [1.807, 2.05) is 18.5 Å².